The molecule has 158 valence electrons. The van der Waals surface area contributed by atoms with Gasteiger partial charge in [-0.3, -0.25) is 0 Å². The van der Waals surface area contributed by atoms with E-state index in [0.29, 0.717) is 10.7 Å². The van der Waals surface area contributed by atoms with Crippen molar-refractivity contribution in [3.8, 4) is 0 Å². The molecule has 0 saturated carbocycles. The molecule has 3 nitrogen and oxygen atoms in total. The molecule has 0 fully saturated rings. The van der Waals surface area contributed by atoms with Gasteiger partial charge in [-0.15, -0.1) is 0 Å². The second kappa shape index (κ2) is 8.18. The van der Waals surface area contributed by atoms with E-state index in [1.54, 1.807) is 0 Å². The lowest BCUT2D eigenvalue weighted by atomic mass is 9.59. The van der Waals surface area contributed by atoms with Gasteiger partial charge in [0.2, 0.25) is 0 Å². The molecular weight excluding hydrogens is 418 g/mol. The van der Waals surface area contributed by atoms with Crippen molar-refractivity contribution in [2.24, 2.45) is 0 Å². The van der Waals surface area contributed by atoms with Crippen LogP contribution in [0.15, 0.2) is 120 Å². The van der Waals surface area contributed by atoms with Crippen LogP contribution in [0.4, 0.5) is 0 Å². The molecular formula is C28H22ClNO2. The number of esters is 1. The second-order valence-electron chi connectivity index (χ2n) is 7.89. The van der Waals surface area contributed by atoms with Crippen molar-refractivity contribution >= 4 is 17.6 Å². The second-order valence-corrected chi connectivity index (χ2v) is 8.33. The lowest BCUT2D eigenvalue weighted by Crippen LogP contribution is -2.49. The van der Waals surface area contributed by atoms with Gasteiger partial charge in [-0.1, -0.05) is 103 Å². The number of rotatable bonds is 4. The number of hydrogen-bond donors (Lipinski definition) is 1. The van der Waals surface area contributed by atoms with Crippen molar-refractivity contribution in [1.82, 2.24) is 5.32 Å². The molecule has 1 N–H and O–H groups in total. The summed E-state index contributed by atoms with van der Waals surface area (Å²) in [4.78, 5) is 12.8. The van der Waals surface area contributed by atoms with E-state index < -0.39 is 5.41 Å². The Morgan fingerprint density at radius 1 is 0.906 bits per heavy atom. The van der Waals surface area contributed by atoms with Crippen molar-refractivity contribution < 1.29 is 9.53 Å². The highest BCUT2D eigenvalue weighted by atomic mass is 35.5. The zero-order valence-corrected chi connectivity index (χ0v) is 18.3. The molecule has 0 spiro atoms. The Balaban J connectivity index is 1.87. The molecule has 0 amide bonds. The van der Waals surface area contributed by atoms with Gasteiger partial charge in [-0.25, -0.2) is 4.79 Å². The Labute approximate surface area is 192 Å². The van der Waals surface area contributed by atoms with E-state index in [-0.39, 0.29) is 12.0 Å². The van der Waals surface area contributed by atoms with Crippen molar-refractivity contribution in [1.29, 1.82) is 0 Å². The highest BCUT2D eigenvalue weighted by Gasteiger charge is 2.51. The first-order valence-corrected chi connectivity index (χ1v) is 10.9. The number of hydrogen-bond acceptors (Lipinski definition) is 3. The third-order valence-corrected chi connectivity index (χ3v) is 6.53. The van der Waals surface area contributed by atoms with Gasteiger partial charge < -0.3 is 10.1 Å². The Hall–Kier alpha value is -3.56. The molecule has 32 heavy (non-hydrogen) atoms. The van der Waals surface area contributed by atoms with E-state index in [2.05, 4.69) is 59.9 Å². The van der Waals surface area contributed by atoms with Crippen LogP contribution in [0.5, 0.6) is 0 Å². The average Bonchev–Trinajstić information content (AvgIpc) is 3.34. The van der Waals surface area contributed by atoms with Gasteiger partial charge in [0.15, 0.2) is 0 Å². The summed E-state index contributed by atoms with van der Waals surface area (Å²) in [6, 6.07) is 28.4. The molecule has 0 radical (unpaired) electrons. The van der Waals surface area contributed by atoms with Crippen molar-refractivity contribution in [2.45, 2.75) is 11.5 Å². The number of carbonyl (C=O) groups is 1. The van der Waals surface area contributed by atoms with Gasteiger partial charge in [0.1, 0.15) is 5.70 Å². The lowest BCUT2D eigenvalue weighted by Gasteiger charge is -2.48. The predicted octanol–water partition coefficient (Wildman–Crippen LogP) is 5.89. The van der Waals surface area contributed by atoms with Crippen molar-refractivity contribution in [2.75, 3.05) is 7.11 Å². The molecule has 4 heteroatoms. The maximum atomic E-state index is 12.8. The first kappa shape index (κ1) is 20.3. The largest absolute Gasteiger partial charge is 0.464 e. The molecule has 1 unspecified atom stereocenters. The quantitative estimate of drug-likeness (QED) is 0.515. The van der Waals surface area contributed by atoms with Crippen LogP contribution in [0.2, 0.25) is 5.02 Å². The molecule has 3 aromatic carbocycles. The maximum absolute atomic E-state index is 12.8. The van der Waals surface area contributed by atoms with E-state index >= 15 is 0 Å². The minimum Gasteiger partial charge on any atom is -0.464 e. The molecule has 0 bridgehead atoms. The van der Waals surface area contributed by atoms with Gasteiger partial charge in [-0.05, 0) is 34.4 Å². The summed E-state index contributed by atoms with van der Waals surface area (Å²) in [6.45, 7) is 0. The standard InChI is InChI=1S/C28H22ClNO2/c1-32-27(31)25-23-13-8-14-24(23)28(20-9-4-2-5-10-20,21-11-6-3-7-12-21)26(30-25)19-15-17-22(29)18-16-19/h2-18,26,30H,1H3. The lowest BCUT2D eigenvalue weighted by molar-refractivity contribution is -0.136. The van der Waals surface area contributed by atoms with Crippen LogP contribution in [-0.4, -0.2) is 13.1 Å². The number of halogens is 1. The summed E-state index contributed by atoms with van der Waals surface area (Å²) in [5.41, 5.74) is 5.10. The normalized spacial score (nSPS) is 18.6. The van der Waals surface area contributed by atoms with Gasteiger partial charge >= 0.3 is 5.97 Å². The molecule has 1 atom stereocenters. The average molecular weight is 440 g/mol. The Kier molecular flexibility index (Phi) is 5.20. The number of ether oxygens (including phenoxy) is 1. The zero-order valence-electron chi connectivity index (χ0n) is 17.6. The number of benzene rings is 3. The Bertz CT molecular complexity index is 1200. The third-order valence-electron chi connectivity index (χ3n) is 6.28. The van der Waals surface area contributed by atoms with Gasteiger partial charge in [-0.2, -0.15) is 0 Å². The molecule has 1 aliphatic carbocycles. The molecule has 0 saturated heterocycles. The number of carbonyl (C=O) groups excluding carboxylic acids is 1. The van der Waals surface area contributed by atoms with Crippen LogP contribution in [0, 0.1) is 0 Å². The minimum atomic E-state index is -0.577. The van der Waals surface area contributed by atoms with Gasteiger partial charge in [0.05, 0.1) is 18.6 Å². The van der Waals surface area contributed by atoms with Crippen LogP contribution in [0.3, 0.4) is 0 Å². The van der Waals surface area contributed by atoms with E-state index in [1.807, 2.05) is 48.6 Å². The van der Waals surface area contributed by atoms with Crippen molar-refractivity contribution in [3.05, 3.63) is 142 Å². The van der Waals surface area contributed by atoms with E-state index in [0.717, 1.165) is 27.8 Å². The van der Waals surface area contributed by atoms with E-state index in [4.69, 9.17) is 16.3 Å². The van der Waals surface area contributed by atoms with Crippen LogP contribution < -0.4 is 5.32 Å². The van der Waals surface area contributed by atoms with Gasteiger partial charge in [0.25, 0.3) is 0 Å². The van der Waals surface area contributed by atoms with Crippen LogP contribution >= 0.6 is 11.6 Å². The van der Waals surface area contributed by atoms with Gasteiger partial charge in [0, 0.05) is 10.6 Å². The van der Waals surface area contributed by atoms with E-state index in [9.17, 15) is 4.79 Å². The van der Waals surface area contributed by atoms with Crippen LogP contribution in [0.25, 0.3) is 0 Å². The fraction of sp³-hybridized carbons (Fsp3) is 0.107. The Morgan fingerprint density at radius 2 is 1.50 bits per heavy atom. The number of nitrogens with one attached hydrogen (secondary N) is 1. The number of allylic oxidation sites excluding steroid dienone is 4. The van der Waals surface area contributed by atoms with Crippen LogP contribution in [-0.2, 0) is 14.9 Å². The van der Waals surface area contributed by atoms with Crippen molar-refractivity contribution in [3.63, 3.8) is 0 Å². The predicted molar refractivity (Wildman–Crippen MR) is 127 cm³/mol. The van der Waals surface area contributed by atoms with E-state index in [1.165, 1.54) is 7.11 Å². The van der Waals surface area contributed by atoms with Crippen LogP contribution in [0.1, 0.15) is 22.7 Å². The molecule has 3 aromatic rings. The summed E-state index contributed by atoms with van der Waals surface area (Å²) in [5.74, 6) is -0.383. The summed E-state index contributed by atoms with van der Waals surface area (Å²) >= 11 is 6.22. The summed E-state index contributed by atoms with van der Waals surface area (Å²) in [6.07, 6.45) is 6.09. The molecule has 2 aliphatic rings. The summed E-state index contributed by atoms with van der Waals surface area (Å²) in [7, 11) is 1.41. The first-order chi connectivity index (χ1) is 15.7. The fourth-order valence-corrected chi connectivity index (χ4v) is 5.07. The fourth-order valence-electron chi connectivity index (χ4n) is 4.94. The third kappa shape index (κ3) is 3.09. The molecule has 1 heterocycles. The minimum absolute atomic E-state index is 0.270. The molecule has 5 rings (SSSR count). The topological polar surface area (TPSA) is 38.3 Å². The smallest absolute Gasteiger partial charge is 0.354 e. The monoisotopic (exact) mass is 439 g/mol. The maximum Gasteiger partial charge on any atom is 0.354 e. The SMILES string of the molecule is COC(=O)C1=C2C=CC=C2C(c2ccccc2)(c2ccccc2)C(c2ccc(Cl)cc2)N1. The number of methoxy groups -OCH3 is 1. The summed E-state index contributed by atoms with van der Waals surface area (Å²) in [5, 5.41) is 4.24. The molecule has 1 aliphatic heterocycles. The highest BCUT2D eigenvalue weighted by Crippen LogP contribution is 2.55. The molecule has 0 aromatic heterocycles. The zero-order chi connectivity index (χ0) is 22.1. The highest BCUT2D eigenvalue weighted by molar-refractivity contribution is 6.30. The first-order valence-electron chi connectivity index (χ1n) is 10.5. The summed E-state index contributed by atoms with van der Waals surface area (Å²) < 4.78 is 5.14. The Morgan fingerprint density at radius 3 is 2.06 bits per heavy atom. The number of fused-ring (bicyclic) bond motifs is 1.